The third-order valence-corrected chi connectivity index (χ3v) is 5.67. The average molecular weight is 418 g/mol. The molecule has 1 aromatic carbocycles. The summed E-state index contributed by atoms with van der Waals surface area (Å²) in [5, 5.41) is 0. The fraction of sp³-hybridized carbons (Fsp3) is 0.292. The maximum Gasteiger partial charge on any atom is 0.273 e. The molecule has 0 spiro atoms. The highest BCUT2D eigenvalue weighted by atomic mass is 16.2. The third kappa shape index (κ3) is 4.30. The van der Waals surface area contributed by atoms with Gasteiger partial charge in [0, 0.05) is 36.4 Å². The second-order valence-electron chi connectivity index (χ2n) is 7.79. The number of aryl methyl sites for hydroxylation is 1. The maximum absolute atomic E-state index is 12.8. The van der Waals surface area contributed by atoms with Gasteiger partial charge in [0.15, 0.2) is 0 Å². The van der Waals surface area contributed by atoms with E-state index in [9.17, 15) is 9.59 Å². The fourth-order valence-electron chi connectivity index (χ4n) is 4.15. The van der Waals surface area contributed by atoms with Crippen LogP contribution in [0.15, 0.2) is 54.7 Å². The number of benzene rings is 1. The van der Waals surface area contributed by atoms with Crippen LogP contribution in [-0.2, 0) is 0 Å². The molecule has 0 radical (unpaired) electrons. The van der Waals surface area contributed by atoms with Gasteiger partial charge in [0.05, 0.1) is 11.1 Å². The first-order chi connectivity index (χ1) is 15.1. The Morgan fingerprint density at radius 1 is 0.871 bits per heavy atom. The van der Waals surface area contributed by atoms with E-state index in [1.54, 1.807) is 18.3 Å². The molecule has 1 aliphatic rings. The van der Waals surface area contributed by atoms with Crippen LogP contribution in [0.3, 0.4) is 0 Å². The van der Waals surface area contributed by atoms with Crippen molar-refractivity contribution in [3.63, 3.8) is 0 Å². The average Bonchev–Trinajstić information content (AvgIpc) is 3.12. The Hall–Kier alpha value is -3.61. The van der Waals surface area contributed by atoms with Crippen molar-refractivity contribution in [1.82, 2.24) is 20.4 Å². The monoisotopic (exact) mass is 417 g/mol. The first kappa shape index (κ1) is 20.7. The summed E-state index contributed by atoms with van der Waals surface area (Å²) in [5.41, 5.74) is 8.84. The van der Waals surface area contributed by atoms with Crippen LogP contribution in [0, 0.1) is 13.8 Å². The number of anilines is 1. The van der Waals surface area contributed by atoms with Crippen molar-refractivity contribution in [3.05, 3.63) is 77.2 Å². The van der Waals surface area contributed by atoms with Gasteiger partial charge in [0.2, 0.25) is 0 Å². The van der Waals surface area contributed by atoms with E-state index < -0.39 is 0 Å². The van der Waals surface area contributed by atoms with Crippen molar-refractivity contribution >= 4 is 17.6 Å². The number of amides is 2. The molecule has 2 amide bonds. The molecule has 3 heterocycles. The van der Waals surface area contributed by atoms with Gasteiger partial charge < -0.3 is 9.47 Å². The number of aromatic nitrogens is 2. The number of para-hydroxylation sites is 1. The van der Waals surface area contributed by atoms with Gasteiger partial charge >= 0.3 is 0 Å². The number of piperidine rings is 1. The molecule has 7 heteroatoms. The summed E-state index contributed by atoms with van der Waals surface area (Å²) in [6, 6.07) is 15.2. The van der Waals surface area contributed by atoms with Crippen molar-refractivity contribution in [2.45, 2.75) is 33.1 Å². The second kappa shape index (κ2) is 9.04. The molecule has 1 saturated heterocycles. The molecule has 0 atom stereocenters. The molecule has 7 nitrogen and oxygen atoms in total. The van der Waals surface area contributed by atoms with E-state index in [4.69, 9.17) is 0 Å². The van der Waals surface area contributed by atoms with Crippen LogP contribution in [0.4, 0.5) is 5.82 Å². The molecule has 1 aliphatic heterocycles. The Morgan fingerprint density at radius 3 is 2.26 bits per heavy atom. The van der Waals surface area contributed by atoms with Crippen molar-refractivity contribution < 1.29 is 9.59 Å². The minimum absolute atomic E-state index is 0.355. The standard InChI is InChI=1S/C24H27N5O2/c1-17-16-21(18(2)29(17)19-10-5-3-6-11-19)24(31)27-26-23(30)20-12-9-13-25-22(20)28-14-7-4-8-15-28/h3,5-6,9-13,16H,4,7-8,14-15H2,1-2H3,(H,26,30)(H,27,31). The molecule has 3 aromatic rings. The zero-order valence-electron chi connectivity index (χ0n) is 17.9. The van der Waals surface area contributed by atoms with Crippen molar-refractivity contribution in [1.29, 1.82) is 0 Å². The summed E-state index contributed by atoms with van der Waals surface area (Å²) < 4.78 is 2.02. The third-order valence-electron chi connectivity index (χ3n) is 5.67. The van der Waals surface area contributed by atoms with Gasteiger partial charge in [-0.2, -0.15) is 0 Å². The highest BCUT2D eigenvalue weighted by Crippen LogP contribution is 2.22. The fourth-order valence-corrected chi connectivity index (χ4v) is 4.15. The van der Waals surface area contributed by atoms with Gasteiger partial charge in [-0.05, 0) is 63.4 Å². The molecular weight excluding hydrogens is 390 g/mol. The Bertz CT molecular complexity index is 1080. The van der Waals surface area contributed by atoms with E-state index in [1.807, 2.05) is 54.8 Å². The highest BCUT2D eigenvalue weighted by Gasteiger charge is 2.21. The lowest BCUT2D eigenvalue weighted by Crippen LogP contribution is -2.42. The number of nitrogens with zero attached hydrogens (tertiary/aromatic N) is 3. The lowest BCUT2D eigenvalue weighted by atomic mass is 10.1. The van der Waals surface area contributed by atoms with Gasteiger partial charge in [-0.25, -0.2) is 4.98 Å². The lowest BCUT2D eigenvalue weighted by molar-refractivity contribution is 0.0846. The predicted molar refractivity (Wildman–Crippen MR) is 120 cm³/mol. The summed E-state index contributed by atoms with van der Waals surface area (Å²) >= 11 is 0. The second-order valence-corrected chi connectivity index (χ2v) is 7.79. The summed E-state index contributed by atoms with van der Waals surface area (Å²) in [4.78, 5) is 32.2. The highest BCUT2D eigenvalue weighted by molar-refractivity contribution is 6.02. The van der Waals surface area contributed by atoms with E-state index >= 15 is 0 Å². The van der Waals surface area contributed by atoms with Gasteiger partial charge in [0.1, 0.15) is 5.82 Å². The molecule has 1 fully saturated rings. The van der Waals surface area contributed by atoms with Crippen LogP contribution in [-0.4, -0.2) is 34.5 Å². The molecule has 31 heavy (non-hydrogen) atoms. The molecule has 160 valence electrons. The number of nitrogens with one attached hydrogen (secondary N) is 2. The van der Waals surface area contributed by atoms with E-state index in [2.05, 4.69) is 20.7 Å². The van der Waals surface area contributed by atoms with E-state index in [0.29, 0.717) is 16.9 Å². The molecule has 2 N–H and O–H groups in total. The number of hydrogen-bond donors (Lipinski definition) is 2. The van der Waals surface area contributed by atoms with Gasteiger partial charge in [-0.15, -0.1) is 0 Å². The summed E-state index contributed by atoms with van der Waals surface area (Å²) in [6.45, 7) is 5.62. The number of pyridine rings is 1. The molecule has 0 saturated carbocycles. The predicted octanol–water partition coefficient (Wildman–Crippen LogP) is 3.55. The zero-order chi connectivity index (χ0) is 21.8. The van der Waals surface area contributed by atoms with E-state index in [0.717, 1.165) is 43.0 Å². The zero-order valence-corrected chi connectivity index (χ0v) is 17.9. The van der Waals surface area contributed by atoms with E-state index in [1.165, 1.54) is 6.42 Å². The largest absolute Gasteiger partial charge is 0.356 e. The van der Waals surface area contributed by atoms with Crippen LogP contribution in [0.1, 0.15) is 51.4 Å². The first-order valence-electron chi connectivity index (χ1n) is 10.6. The summed E-state index contributed by atoms with van der Waals surface area (Å²) in [7, 11) is 0. The maximum atomic E-state index is 12.8. The first-order valence-corrected chi connectivity index (χ1v) is 10.6. The van der Waals surface area contributed by atoms with Crippen molar-refractivity contribution in [3.8, 4) is 5.69 Å². The molecule has 0 aliphatic carbocycles. The number of carbonyl (C=O) groups excluding carboxylic acids is 2. The van der Waals surface area contributed by atoms with Crippen LogP contribution >= 0.6 is 0 Å². The number of hydrazine groups is 1. The van der Waals surface area contributed by atoms with E-state index in [-0.39, 0.29) is 11.8 Å². The SMILES string of the molecule is Cc1cc(C(=O)NNC(=O)c2cccnc2N2CCCCC2)c(C)n1-c1ccccc1. The van der Waals surface area contributed by atoms with Crippen LogP contribution < -0.4 is 15.8 Å². The number of carbonyl (C=O) groups is 2. The minimum atomic E-state index is -0.376. The van der Waals surface area contributed by atoms with Crippen molar-refractivity contribution in [2.24, 2.45) is 0 Å². The van der Waals surface area contributed by atoms with Crippen molar-refractivity contribution in [2.75, 3.05) is 18.0 Å². The molecule has 2 aromatic heterocycles. The van der Waals surface area contributed by atoms with Crippen LogP contribution in [0.2, 0.25) is 0 Å². The Kier molecular flexibility index (Phi) is 6.02. The topological polar surface area (TPSA) is 79.3 Å². The molecular formula is C24H27N5O2. The summed E-state index contributed by atoms with van der Waals surface area (Å²) in [6.07, 6.45) is 5.07. The Labute approximate surface area is 182 Å². The smallest absolute Gasteiger partial charge is 0.273 e. The number of hydrogen-bond acceptors (Lipinski definition) is 4. The van der Waals surface area contributed by atoms with Crippen LogP contribution in [0.25, 0.3) is 5.69 Å². The van der Waals surface area contributed by atoms with Crippen LogP contribution in [0.5, 0.6) is 0 Å². The summed E-state index contributed by atoms with van der Waals surface area (Å²) in [5.74, 6) is -0.0675. The quantitative estimate of drug-likeness (QED) is 0.637. The molecule has 0 bridgehead atoms. The lowest BCUT2D eigenvalue weighted by Gasteiger charge is -2.29. The minimum Gasteiger partial charge on any atom is -0.356 e. The number of rotatable bonds is 4. The van der Waals surface area contributed by atoms with Gasteiger partial charge in [-0.1, -0.05) is 18.2 Å². The molecule has 4 rings (SSSR count). The Balaban J connectivity index is 1.48. The Morgan fingerprint density at radius 2 is 1.55 bits per heavy atom. The molecule has 0 unspecified atom stereocenters. The van der Waals surface area contributed by atoms with Gasteiger partial charge in [0.25, 0.3) is 11.8 Å². The normalized spacial score (nSPS) is 13.7. The van der Waals surface area contributed by atoms with Gasteiger partial charge in [-0.3, -0.25) is 20.4 Å².